The molecular formula is C20H23N3O4S. The molecule has 0 spiro atoms. The van der Waals surface area contributed by atoms with Gasteiger partial charge in [0.15, 0.2) is 0 Å². The third-order valence-electron chi connectivity index (χ3n) is 4.83. The van der Waals surface area contributed by atoms with Crippen molar-refractivity contribution in [2.75, 3.05) is 26.7 Å². The molecule has 0 radical (unpaired) electrons. The second kappa shape index (κ2) is 8.12. The van der Waals surface area contributed by atoms with Crippen LogP contribution in [0.4, 0.5) is 0 Å². The van der Waals surface area contributed by atoms with Crippen molar-refractivity contribution >= 4 is 21.8 Å². The summed E-state index contributed by atoms with van der Waals surface area (Å²) in [5, 5.41) is 2.54. The Hall–Kier alpha value is -2.71. The molecule has 1 heterocycles. The molecular weight excluding hydrogens is 378 g/mol. The van der Waals surface area contributed by atoms with E-state index in [0.717, 1.165) is 5.56 Å². The normalized spacial score (nSPS) is 17.9. The number of piperazine rings is 1. The van der Waals surface area contributed by atoms with E-state index in [1.54, 1.807) is 54.6 Å². The summed E-state index contributed by atoms with van der Waals surface area (Å²) >= 11 is 0. The number of benzene rings is 2. The Kier molecular flexibility index (Phi) is 5.81. The van der Waals surface area contributed by atoms with Gasteiger partial charge >= 0.3 is 0 Å². The monoisotopic (exact) mass is 401 g/mol. The number of amides is 2. The minimum Gasteiger partial charge on any atom is -0.357 e. The number of nitrogens with one attached hydrogen (secondary N) is 1. The van der Waals surface area contributed by atoms with E-state index >= 15 is 0 Å². The molecule has 7 nitrogen and oxygen atoms in total. The minimum atomic E-state index is -3.75. The maximum absolute atomic E-state index is 13.0. The SMILES string of the molecule is CNC(=O)C1CN(S(=O)(=O)c2ccc(C)cc2)CCN1C(=O)c1ccccc1. The van der Waals surface area contributed by atoms with Gasteiger partial charge in [-0.3, -0.25) is 9.59 Å². The lowest BCUT2D eigenvalue weighted by Crippen LogP contribution is -2.61. The maximum atomic E-state index is 13.0. The minimum absolute atomic E-state index is 0.0888. The Morgan fingerprint density at radius 3 is 2.25 bits per heavy atom. The molecule has 3 rings (SSSR count). The highest BCUT2D eigenvalue weighted by atomic mass is 32.2. The fraction of sp³-hybridized carbons (Fsp3) is 0.300. The molecule has 1 aliphatic heterocycles. The molecule has 2 aromatic rings. The van der Waals surface area contributed by atoms with Crippen LogP contribution in [-0.2, 0) is 14.8 Å². The zero-order chi connectivity index (χ0) is 20.3. The summed E-state index contributed by atoms with van der Waals surface area (Å²) in [6, 6.07) is 14.3. The fourth-order valence-electron chi connectivity index (χ4n) is 3.22. The summed E-state index contributed by atoms with van der Waals surface area (Å²) in [6.07, 6.45) is 0. The number of carbonyl (C=O) groups is 2. The van der Waals surface area contributed by atoms with Crippen LogP contribution in [0, 0.1) is 6.92 Å². The highest BCUT2D eigenvalue weighted by Gasteiger charge is 2.39. The molecule has 148 valence electrons. The van der Waals surface area contributed by atoms with E-state index in [9.17, 15) is 18.0 Å². The predicted octanol–water partition coefficient (Wildman–Crippen LogP) is 1.26. The van der Waals surface area contributed by atoms with E-state index in [2.05, 4.69) is 5.32 Å². The predicted molar refractivity (Wildman–Crippen MR) is 105 cm³/mol. The topological polar surface area (TPSA) is 86.8 Å². The third kappa shape index (κ3) is 3.93. The molecule has 2 aromatic carbocycles. The number of likely N-dealkylation sites (N-methyl/N-ethyl adjacent to an activating group) is 1. The third-order valence-corrected chi connectivity index (χ3v) is 6.71. The van der Waals surface area contributed by atoms with Gasteiger partial charge in [-0.2, -0.15) is 4.31 Å². The Labute approximate surface area is 165 Å². The van der Waals surface area contributed by atoms with Crippen LogP contribution in [0.5, 0.6) is 0 Å². The van der Waals surface area contributed by atoms with E-state index in [0.29, 0.717) is 5.56 Å². The molecule has 0 aromatic heterocycles. The summed E-state index contributed by atoms with van der Waals surface area (Å²) < 4.78 is 27.3. The molecule has 2 amide bonds. The van der Waals surface area contributed by atoms with Crippen LogP contribution in [0.2, 0.25) is 0 Å². The standard InChI is InChI=1S/C20H23N3O4S/c1-15-8-10-17(11-9-15)28(26,27)22-12-13-23(18(14-22)19(24)21-2)20(25)16-6-4-3-5-7-16/h3-11,18H,12-14H2,1-2H3,(H,21,24). The Balaban J connectivity index is 1.87. The lowest BCUT2D eigenvalue weighted by molar-refractivity contribution is -0.126. The van der Waals surface area contributed by atoms with Gasteiger partial charge in [0.05, 0.1) is 4.90 Å². The smallest absolute Gasteiger partial charge is 0.254 e. The van der Waals surface area contributed by atoms with Gasteiger partial charge in [0, 0.05) is 32.2 Å². The first kappa shape index (κ1) is 20.0. The zero-order valence-electron chi connectivity index (χ0n) is 15.8. The first-order valence-corrected chi connectivity index (χ1v) is 10.4. The number of sulfonamides is 1. The summed E-state index contributed by atoms with van der Waals surface area (Å²) in [7, 11) is -2.28. The highest BCUT2D eigenvalue weighted by molar-refractivity contribution is 7.89. The van der Waals surface area contributed by atoms with Crippen LogP contribution >= 0.6 is 0 Å². The Bertz CT molecular complexity index is 959. The van der Waals surface area contributed by atoms with Gasteiger partial charge in [0.1, 0.15) is 6.04 Å². The van der Waals surface area contributed by atoms with Crippen LogP contribution in [0.25, 0.3) is 0 Å². The largest absolute Gasteiger partial charge is 0.357 e. The van der Waals surface area contributed by atoms with Crippen molar-refractivity contribution in [1.29, 1.82) is 0 Å². The van der Waals surface area contributed by atoms with E-state index in [4.69, 9.17) is 0 Å². The van der Waals surface area contributed by atoms with E-state index in [1.807, 2.05) is 6.92 Å². The number of aryl methyl sites for hydroxylation is 1. The molecule has 1 unspecified atom stereocenters. The van der Waals surface area contributed by atoms with Crippen LogP contribution in [0.15, 0.2) is 59.5 Å². The van der Waals surface area contributed by atoms with Gasteiger partial charge < -0.3 is 10.2 Å². The average Bonchev–Trinajstić information content (AvgIpc) is 2.73. The van der Waals surface area contributed by atoms with Crippen LogP contribution in [0.1, 0.15) is 15.9 Å². The molecule has 1 aliphatic rings. The number of nitrogens with zero attached hydrogens (tertiary/aromatic N) is 2. The van der Waals surface area contributed by atoms with Gasteiger partial charge in [-0.25, -0.2) is 8.42 Å². The van der Waals surface area contributed by atoms with Crippen LogP contribution in [0.3, 0.4) is 0 Å². The molecule has 1 fully saturated rings. The van der Waals surface area contributed by atoms with Crippen molar-refractivity contribution in [3.05, 3.63) is 65.7 Å². The Morgan fingerprint density at radius 2 is 1.64 bits per heavy atom. The van der Waals surface area contributed by atoms with Crippen molar-refractivity contribution in [1.82, 2.24) is 14.5 Å². The van der Waals surface area contributed by atoms with E-state index in [-0.39, 0.29) is 30.4 Å². The van der Waals surface area contributed by atoms with Crippen LogP contribution < -0.4 is 5.32 Å². The Morgan fingerprint density at radius 1 is 1.00 bits per heavy atom. The quantitative estimate of drug-likeness (QED) is 0.836. The van der Waals surface area contributed by atoms with E-state index < -0.39 is 22.0 Å². The van der Waals surface area contributed by atoms with E-state index in [1.165, 1.54) is 16.3 Å². The zero-order valence-corrected chi connectivity index (χ0v) is 16.6. The molecule has 1 atom stereocenters. The molecule has 0 bridgehead atoms. The van der Waals surface area contributed by atoms with Crippen LogP contribution in [-0.4, -0.2) is 62.2 Å². The average molecular weight is 401 g/mol. The molecule has 0 saturated carbocycles. The van der Waals surface area contributed by atoms with Crippen molar-refractivity contribution in [3.63, 3.8) is 0 Å². The first-order chi connectivity index (χ1) is 13.3. The van der Waals surface area contributed by atoms with Crippen molar-refractivity contribution < 1.29 is 18.0 Å². The molecule has 1 N–H and O–H groups in total. The molecule has 28 heavy (non-hydrogen) atoms. The molecule has 8 heteroatoms. The first-order valence-electron chi connectivity index (χ1n) is 8.99. The lowest BCUT2D eigenvalue weighted by Gasteiger charge is -2.39. The van der Waals surface area contributed by atoms with Gasteiger partial charge in [-0.05, 0) is 31.2 Å². The molecule has 1 saturated heterocycles. The maximum Gasteiger partial charge on any atom is 0.254 e. The van der Waals surface area contributed by atoms with Gasteiger partial charge in [-0.15, -0.1) is 0 Å². The lowest BCUT2D eigenvalue weighted by atomic mass is 10.1. The van der Waals surface area contributed by atoms with Gasteiger partial charge in [0.2, 0.25) is 15.9 Å². The number of hydrogen-bond donors (Lipinski definition) is 1. The van der Waals surface area contributed by atoms with Gasteiger partial charge in [-0.1, -0.05) is 35.9 Å². The summed E-state index contributed by atoms with van der Waals surface area (Å²) in [6.45, 7) is 2.06. The van der Waals surface area contributed by atoms with Gasteiger partial charge in [0.25, 0.3) is 5.91 Å². The summed E-state index contributed by atoms with van der Waals surface area (Å²) in [5.41, 5.74) is 1.42. The summed E-state index contributed by atoms with van der Waals surface area (Å²) in [4.78, 5) is 26.9. The van der Waals surface area contributed by atoms with Crippen molar-refractivity contribution in [2.45, 2.75) is 17.9 Å². The van der Waals surface area contributed by atoms with Crippen molar-refractivity contribution in [2.24, 2.45) is 0 Å². The highest BCUT2D eigenvalue weighted by Crippen LogP contribution is 2.22. The molecule has 0 aliphatic carbocycles. The number of rotatable bonds is 4. The summed E-state index contributed by atoms with van der Waals surface area (Å²) in [5.74, 6) is -0.685. The number of hydrogen-bond acceptors (Lipinski definition) is 4. The van der Waals surface area contributed by atoms with Crippen molar-refractivity contribution in [3.8, 4) is 0 Å². The number of carbonyl (C=O) groups excluding carboxylic acids is 2. The fourth-order valence-corrected chi connectivity index (χ4v) is 4.65. The second-order valence-corrected chi connectivity index (χ2v) is 8.61. The second-order valence-electron chi connectivity index (χ2n) is 6.67.